The molecule has 0 aliphatic rings. The fourth-order valence-corrected chi connectivity index (χ4v) is 3.17. The van der Waals surface area contributed by atoms with Gasteiger partial charge in [0.15, 0.2) is 0 Å². The third kappa shape index (κ3) is 4.26. The molecule has 1 amide bonds. The minimum absolute atomic E-state index is 0.0388. The highest BCUT2D eigenvalue weighted by molar-refractivity contribution is 9.10. The molecule has 0 bridgehead atoms. The number of halogens is 2. The molecule has 0 aliphatic heterocycles. The lowest BCUT2D eigenvalue weighted by Crippen LogP contribution is -2.29. The lowest BCUT2D eigenvalue weighted by molar-refractivity contribution is 0.0946. The quantitative estimate of drug-likeness (QED) is 0.834. The van der Waals surface area contributed by atoms with Crippen LogP contribution in [0.25, 0.3) is 0 Å². The van der Waals surface area contributed by atoms with E-state index in [1.165, 1.54) is 0 Å². The van der Waals surface area contributed by atoms with E-state index in [2.05, 4.69) is 21.2 Å². The van der Waals surface area contributed by atoms with Crippen molar-refractivity contribution >= 4 is 31.9 Å². The molecule has 1 aromatic rings. The van der Waals surface area contributed by atoms with Crippen molar-refractivity contribution in [3.05, 3.63) is 28.0 Å². The van der Waals surface area contributed by atoms with E-state index < -0.39 is 26.6 Å². The molecule has 1 atom stereocenters. The van der Waals surface area contributed by atoms with E-state index in [1.54, 1.807) is 0 Å². The Hall–Kier alpha value is -0.990. The number of amides is 1. The monoisotopic (exact) mass is 366 g/mol. The number of sulfonamides is 1. The van der Waals surface area contributed by atoms with Crippen LogP contribution in [0.5, 0.6) is 0 Å². The van der Waals surface area contributed by atoms with Gasteiger partial charge in [-0.15, -0.1) is 0 Å². The van der Waals surface area contributed by atoms with E-state index >= 15 is 0 Å². The molecule has 0 spiro atoms. The molecule has 0 aliphatic carbocycles. The van der Waals surface area contributed by atoms with E-state index in [4.69, 9.17) is 5.14 Å². The van der Waals surface area contributed by atoms with Gasteiger partial charge in [0.1, 0.15) is 5.82 Å². The molecule has 0 fully saturated rings. The van der Waals surface area contributed by atoms with Crippen LogP contribution in [-0.2, 0) is 10.0 Å². The summed E-state index contributed by atoms with van der Waals surface area (Å²) in [6.07, 6.45) is 0.882. The van der Waals surface area contributed by atoms with Gasteiger partial charge in [-0.05, 0) is 34.0 Å². The standard InChI is InChI=1S/C12H16BrFN2O3S/c1-3-7(2)6-16-12(17)9-4-8(14)5-10(11(9)13)20(15,18)19/h4-5,7H,3,6H2,1-2H3,(H,16,17)(H2,15,18,19). The lowest BCUT2D eigenvalue weighted by Gasteiger charge is -2.12. The topological polar surface area (TPSA) is 89.3 Å². The van der Waals surface area contributed by atoms with Crippen molar-refractivity contribution in [3.8, 4) is 0 Å². The Balaban J connectivity index is 3.13. The zero-order valence-electron chi connectivity index (χ0n) is 11.1. The van der Waals surface area contributed by atoms with E-state index in [0.717, 1.165) is 18.6 Å². The molecule has 112 valence electrons. The van der Waals surface area contributed by atoms with E-state index in [-0.39, 0.29) is 16.0 Å². The third-order valence-electron chi connectivity index (χ3n) is 2.86. The van der Waals surface area contributed by atoms with Gasteiger partial charge in [0.05, 0.1) is 14.9 Å². The molecule has 5 nitrogen and oxygen atoms in total. The highest BCUT2D eigenvalue weighted by atomic mass is 79.9. The molecule has 1 rings (SSSR count). The van der Waals surface area contributed by atoms with Crippen LogP contribution in [0.15, 0.2) is 21.5 Å². The molecule has 20 heavy (non-hydrogen) atoms. The summed E-state index contributed by atoms with van der Waals surface area (Å²) in [5.74, 6) is -1.13. The first-order valence-electron chi connectivity index (χ1n) is 5.96. The van der Waals surface area contributed by atoms with Gasteiger partial charge in [-0.3, -0.25) is 4.79 Å². The molecule has 3 N–H and O–H groups in total. The fraction of sp³-hybridized carbons (Fsp3) is 0.417. The maximum atomic E-state index is 13.4. The average molecular weight is 367 g/mol. The second-order valence-corrected chi connectivity index (χ2v) is 6.86. The molecular formula is C12H16BrFN2O3S. The molecule has 0 radical (unpaired) electrons. The van der Waals surface area contributed by atoms with Crippen molar-refractivity contribution in [3.63, 3.8) is 0 Å². The number of carbonyl (C=O) groups excluding carboxylic acids is 1. The third-order valence-corrected chi connectivity index (χ3v) is 4.91. The van der Waals surface area contributed by atoms with Gasteiger partial charge in [-0.25, -0.2) is 17.9 Å². The number of hydrogen-bond donors (Lipinski definition) is 2. The Morgan fingerprint density at radius 2 is 2.10 bits per heavy atom. The van der Waals surface area contributed by atoms with Gasteiger partial charge in [0.2, 0.25) is 10.0 Å². The zero-order chi connectivity index (χ0) is 15.5. The maximum absolute atomic E-state index is 13.4. The minimum atomic E-state index is -4.11. The predicted molar refractivity (Wildman–Crippen MR) is 77.3 cm³/mol. The molecule has 0 aromatic heterocycles. The maximum Gasteiger partial charge on any atom is 0.252 e. The van der Waals surface area contributed by atoms with Gasteiger partial charge in [-0.2, -0.15) is 0 Å². The largest absolute Gasteiger partial charge is 0.352 e. The smallest absolute Gasteiger partial charge is 0.252 e. The SMILES string of the molecule is CCC(C)CNC(=O)c1cc(F)cc(S(N)(=O)=O)c1Br. The highest BCUT2D eigenvalue weighted by Gasteiger charge is 2.21. The number of nitrogens with one attached hydrogen (secondary N) is 1. The number of nitrogens with two attached hydrogens (primary N) is 1. The average Bonchev–Trinajstić information content (AvgIpc) is 2.36. The number of primary sulfonamides is 1. The fourth-order valence-electron chi connectivity index (χ4n) is 1.44. The summed E-state index contributed by atoms with van der Waals surface area (Å²) < 4.78 is 36.1. The summed E-state index contributed by atoms with van der Waals surface area (Å²) in [7, 11) is -4.11. The number of hydrogen-bond acceptors (Lipinski definition) is 3. The Morgan fingerprint density at radius 3 is 2.60 bits per heavy atom. The summed E-state index contributed by atoms with van der Waals surface area (Å²) in [6.45, 7) is 4.35. The van der Waals surface area contributed by atoms with Crippen LogP contribution in [0, 0.1) is 11.7 Å². The highest BCUT2D eigenvalue weighted by Crippen LogP contribution is 2.26. The molecular weight excluding hydrogens is 351 g/mol. The van der Waals surface area contributed by atoms with Gasteiger partial charge < -0.3 is 5.32 Å². The predicted octanol–water partition coefficient (Wildman–Crippen LogP) is 2.01. The number of rotatable bonds is 5. The first-order valence-corrected chi connectivity index (χ1v) is 8.30. The van der Waals surface area contributed by atoms with Gasteiger partial charge in [0.25, 0.3) is 5.91 Å². The first-order chi connectivity index (χ1) is 9.16. The van der Waals surface area contributed by atoms with Crippen molar-refractivity contribution in [1.82, 2.24) is 5.32 Å². The Kier molecular flexibility index (Phi) is 5.67. The van der Waals surface area contributed by atoms with Gasteiger partial charge in [-0.1, -0.05) is 20.3 Å². The Morgan fingerprint density at radius 1 is 1.50 bits per heavy atom. The summed E-state index contributed by atoms with van der Waals surface area (Å²) >= 11 is 2.99. The van der Waals surface area contributed by atoms with Crippen LogP contribution >= 0.6 is 15.9 Å². The number of benzene rings is 1. The number of carbonyl (C=O) groups is 1. The van der Waals surface area contributed by atoms with Gasteiger partial charge in [0, 0.05) is 6.54 Å². The summed E-state index contributed by atoms with van der Waals surface area (Å²) in [5.41, 5.74) is -0.0997. The van der Waals surface area contributed by atoms with E-state index in [0.29, 0.717) is 6.54 Å². The Bertz CT molecular complexity index is 619. The van der Waals surface area contributed by atoms with Crippen LogP contribution in [-0.4, -0.2) is 20.9 Å². The Labute approximate surface area is 125 Å². The zero-order valence-corrected chi connectivity index (χ0v) is 13.5. The molecule has 1 aromatic carbocycles. The second kappa shape index (κ2) is 6.64. The van der Waals surface area contributed by atoms with Crippen molar-refractivity contribution < 1.29 is 17.6 Å². The minimum Gasteiger partial charge on any atom is -0.352 e. The van der Waals surface area contributed by atoms with Crippen molar-refractivity contribution in [1.29, 1.82) is 0 Å². The van der Waals surface area contributed by atoms with Crippen LogP contribution in [0.1, 0.15) is 30.6 Å². The summed E-state index contributed by atoms with van der Waals surface area (Å²) in [6, 6.07) is 1.73. The first kappa shape index (κ1) is 17.1. The van der Waals surface area contributed by atoms with Crippen molar-refractivity contribution in [2.75, 3.05) is 6.54 Å². The molecule has 1 unspecified atom stereocenters. The molecule has 0 saturated carbocycles. The van der Waals surface area contributed by atoms with E-state index in [9.17, 15) is 17.6 Å². The lowest BCUT2D eigenvalue weighted by atomic mass is 10.1. The second-order valence-electron chi connectivity index (χ2n) is 4.53. The summed E-state index contributed by atoms with van der Waals surface area (Å²) in [4.78, 5) is 11.5. The van der Waals surface area contributed by atoms with Crippen LogP contribution in [0.3, 0.4) is 0 Å². The normalized spacial score (nSPS) is 13.1. The van der Waals surface area contributed by atoms with Crippen molar-refractivity contribution in [2.45, 2.75) is 25.2 Å². The van der Waals surface area contributed by atoms with Crippen LogP contribution < -0.4 is 10.5 Å². The van der Waals surface area contributed by atoms with Gasteiger partial charge >= 0.3 is 0 Å². The van der Waals surface area contributed by atoms with Crippen LogP contribution in [0.2, 0.25) is 0 Å². The molecule has 0 saturated heterocycles. The molecule has 0 heterocycles. The summed E-state index contributed by atoms with van der Waals surface area (Å²) in [5, 5.41) is 7.61. The van der Waals surface area contributed by atoms with Crippen LogP contribution in [0.4, 0.5) is 4.39 Å². The van der Waals surface area contributed by atoms with Crippen molar-refractivity contribution in [2.24, 2.45) is 11.1 Å². The molecule has 8 heteroatoms. The van der Waals surface area contributed by atoms with E-state index in [1.807, 2.05) is 13.8 Å².